The van der Waals surface area contributed by atoms with Crippen LogP contribution in [0.25, 0.3) is 11.4 Å². The van der Waals surface area contributed by atoms with Gasteiger partial charge in [0.15, 0.2) is 0 Å². The Labute approximate surface area is 168 Å². The molecule has 0 radical (unpaired) electrons. The molecule has 1 N–H and O–H groups in total. The molecule has 9 nitrogen and oxygen atoms in total. The van der Waals surface area contributed by atoms with Crippen molar-refractivity contribution in [2.45, 2.75) is 26.4 Å². The van der Waals surface area contributed by atoms with Crippen LogP contribution in [-0.2, 0) is 11.3 Å². The van der Waals surface area contributed by atoms with Gasteiger partial charge in [-0.1, -0.05) is 40.6 Å². The van der Waals surface area contributed by atoms with Gasteiger partial charge in [0, 0.05) is 37.8 Å². The third-order valence-corrected chi connectivity index (χ3v) is 5.07. The van der Waals surface area contributed by atoms with Crippen molar-refractivity contribution >= 4 is 11.8 Å². The predicted molar refractivity (Wildman–Crippen MR) is 106 cm³/mol. The van der Waals surface area contributed by atoms with E-state index in [0.29, 0.717) is 24.1 Å². The van der Waals surface area contributed by atoms with Gasteiger partial charge in [-0.05, 0) is 13.8 Å². The van der Waals surface area contributed by atoms with E-state index in [0.717, 1.165) is 37.4 Å². The van der Waals surface area contributed by atoms with E-state index in [1.54, 1.807) is 6.07 Å². The number of benzene rings is 1. The Hall–Kier alpha value is -3.04. The van der Waals surface area contributed by atoms with Crippen LogP contribution in [0.15, 0.2) is 45.4 Å². The molecule has 152 valence electrons. The van der Waals surface area contributed by atoms with Crippen molar-refractivity contribution in [3.8, 4) is 11.4 Å². The summed E-state index contributed by atoms with van der Waals surface area (Å²) in [4.78, 5) is 21.3. The van der Waals surface area contributed by atoms with E-state index < -0.39 is 0 Å². The van der Waals surface area contributed by atoms with Gasteiger partial charge in [-0.25, -0.2) is 0 Å². The summed E-state index contributed by atoms with van der Waals surface area (Å²) in [7, 11) is 0. The van der Waals surface area contributed by atoms with Gasteiger partial charge in [-0.3, -0.25) is 19.9 Å². The van der Waals surface area contributed by atoms with Crippen molar-refractivity contribution in [1.82, 2.24) is 25.1 Å². The monoisotopic (exact) mass is 396 g/mol. The van der Waals surface area contributed by atoms with Crippen LogP contribution in [0.4, 0.5) is 5.88 Å². The molecule has 1 fully saturated rings. The minimum absolute atomic E-state index is 0.0981. The average molecular weight is 396 g/mol. The van der Waals surface area contributed by atoms with Gasteiger partial charge >= 0.3 is 0 Å². The molecule has 3 aromatic rings. The topological polar surface area (TPSA) is 101 Å². The van der Waals surface area contributed by atoms with Gasteiger partial charge in [0.05, 0.1) is 18.3 Å². The number of aromatic nitrogens is 3. The molecule has 3 heterocycles. The molecule has 9 heteroatoms. The number of carbonyl (C=O) groups excluding carboxylic acids is 1. The summed E-state index contributed by atoms with van der Waals surface area (Å²) in [5, 5.41) is 10.6. The van der Waals surface area contributed by atoms with Crippen LogP contribution in [-0.4, -0.2) is 63.2 Å². The summed E-state index contributed by atoms with van der Waals surface area (Å²) in [6.45, 7) is 7.52. The van der Waals surface area contributed by atoms with Crippen LogP contribution in [0.2, 0.25) is 0 Å². The Morgan fingerprint density at radius 1 is 1.14 bits per heavy atom. The fourth-order valence-corrected chi connectivity index (χ4v) is 3.34. The maximum Gasteiger partial charge on any atom is 0.243 e. The Morgan fingerprint density at radius 2 is 1.90 bits per heavy atom. The molecule has 4 rings (SSSR count). The molecule has 1 aromatic carbocycles. The molecule has 0 unspecified atom stereocenters. The Kier molecular flexibility index (Phi) is 5.68. The number of anilines is 1. The SMILES string of the molecule is Cc1cc(NC(=O)[C@@H](C)N2CCN(Cc3nc(-c4ccccc4)no3)CC2)on1. The Morgan fingerprint density at radius 3 is 2.59 bits per heavy atom. The van der Waals surface area contributed by atoms with Gasteiger partial charge in [0.2, 0.25) is 23.5 Å². The molecular weight excluding hydrogens is 372 g/mol. The van der Waals surface area contributed by atoms with Gasteiger partial charge < -0.3 is 9.05 Å². The molecule has 0 aliphatic carbocycles. The Balaban J connectivity index is 1.27. The molecular formula is C20H24N6O3. The second-order valence-corrected chi connectivity index (χ2v) is 7.19. The lowest BCUT2D eigenvalue weighted by Gasteiger charge is -2.36. The number of hydrogen-bond acceptors (Lipinski definition) is 8. The second-order valence-electron chi connectivity index (χ2n) is 7.19. The third-order valence-electron chi connectivity index (χ3n) is 5.07. The first-order valence-corrected chi connectivity index (χ1v) is 9.67. The van der Waals surface area contributed by atoms with Crippen LogP contribution in [0.3, 0.4) is 0 Å². The molecule has 1 atom stereocenters. The lowest BCUT2D eigenvalue weighted by atomic mass is 10.2. The number of rotatable bonds is 6. The largest absolute Gasteiger partial charge is 0.338 e. The number of hydrogen-bond donors (Lipinski definition) is 1. The van der Waals surface area contributed by atoms with E-state index in [4.69, 9.17) is 9.05 Å². The van der Waals surface area contributed by atoms with Gasteiger partial charge in [-0.15, -0.1) is 0 Å². The number of aryl methyl sites for hydroxylation is 1. The highest BCUT2D eigenvalue weighted by Crippen LogP contribution is 2.17. The zero-order valence-electron chi connectivity index (χ0n) is 16.5. The van der Waals surface area contributed by atoms with Crippen LogP contribution < -0.4 is 5.32 Å². The fourth-order valence-electron chi connectivity index (χ4n) is 3.34. The minimum Gasteiger partial charge on any atom is -0.338 e. The fraction of sp³-hybridized carbons (Fsp3) is 0.400. The zero-order chi connectivity index (χ0) is 20.2. The lowest BCUT2D eigenvalue weighted by molar-refractivity contribution is -0.121. The second kappa shape index (κ2) is 8.54. The molecule has 2 aromatic heterocycles. The number of carbonyl (C=O) groups is 1. The zero-order valence-corrected chi connectivity index (χ0v) is 16.5. The standard InChI is InChI=1S/C20H24N6O3/c1-14-12-17(28-23-14)22-20(27)15(2)26-10-8-25(9-11-26)13-18-21-19(24-29-18)16-6-4-3-5-7-16/h3-7,12,15H,8-11,13H2,1-2H3,(H,22,27)/t15-/m1/s1. The highest BCUT2D eigenvalue weighted by Gasteiger charge is 2.27. The molecule has 29 heavy (non-hydrogen) atoms. The van der Waals surface area contributed by atoms with Crippen molar-refractivity contribution in [3.63, 3.8) is 0 Å². The van der Waals surface area contributed by atoms with E-state index in [9.17, 15) is 4.79 Å². The smallest absolute Gasteiger partial charge is 0.243 e. The van der Waals surface area contributed by atoms with Crippen molar-refractivity contribution in [2.24, 2.45) is 0 Å². The average Bonchev–Trinajstić information content (AvgIpc) is 3.37. The van der Waals surface area contributed by atoms with Gasteiger partial charge in [-0.2, -0.15) is 4.98 Å². The first-order valence-electron chi connectivity index (χ1n) is 9.67. The van der Waals surface area contributed by atoms with E-state index in [1.165, 1.54) is 0 Å². The first-order chi connectivity index (χ1) is 14.1. The summed E-state index contributed by atoms with van der Waals surface area (Å²) in [5.41, 5.74) is 1.67. The van der Waals surface area contributed by atoms with Crippen LogP contribution >= 0.6 is 0 Å². The number of nitrogens with one attached hydrogen (secondary N) is 1. The van der Waals surface area contributed by atoms with E-state index in [2.05, 4.69) is 30.4 Å². The third kappa shape index (κ3) is 4.69. The summed E-state index contributed by atoms with van der Waals surface area (Å²) in [6.07, 6.45) is 0. The maximum absolute atomic E-state index is 12.4. The Bertz CT molecular complexity index is 946. The highest BCUT2D eigenvalue weighted by molar-refractivity contribution is 5.93. The number of amides is 1. The molecule has 1 aliphatic heterocycles. The van der Waals surface area contributed by atoms with E-state index in [-0.39, 0.29) is 11.9 Å². The van der Waals surface area contributed by atoms with Crippen molar-refractivity contribution in [2.75, 3.05) is 31.5 Å². The molecule has 1 aliphatic rings. The van der Waals surface area contributed by atoms with Gasteiger partial charge in [0.1, 0.15) is 0 Å². The predicted octanol–water partition coefficient (Wildman–Crippen LogP) is 2.18. The molecule has 0 spiro atoms. The molecule has 0 bridgehead atoms. The molecule has 0 saturated carbocycles. The van der Waals surface area contributed by atoms with Crippen molar-refractivity contribution in [1.29, 1.82) is 0 Å². The van der Waals surface area contributed by atoms with Crippen LogP contribution in [0, 0.1) is 6.92 Å². The summed E-state index contributed by atoms with van der Waals surface area (Å²) < 4.78 is 10.5. The lowest BCUT2D eigenvalue weighted by Crippen LogP contribution is -2.52. The minimum atomic E-state index is -0.254. The van der Waals surface area contributed by atoms with Crippen LogP contribution in [0.1, 0.15) is 18.5 Å². The summed E-state index contributed by atoms with van der Waals surface area (Å²) in [6, 6.07) is 11.2. The van der Waals surface area contributed by atoms with Gasteiger partial charge in [0.25, 0.3) is 0 Å². The molecule has 1 amide bonds. The summed E-state index contributed by atoms with van der Waals surface area (Å²) in [5.74, 6) is 1.48. The normalized spacial score (nSPS) is 16.6. The van der Waals surface area contributed by atoms with E-state index >= 15 is 0 Å². The first kappa shape index (κ1) is 19.3. The van der Waals surface area contributed by atoms with Crippen molar-refractivity contribution < 1.29 is 13.8 Å². The maximum atomic E-state index is 12.4. The molecule has 1 saturated heterocycles. The summed E-state index contributed by atoms with van der Waals surface area (Å²) >= 11 is 0. The quantitative estimate of drug-likeness (QED) is 0.677. The van der Waals surface area contributed by atoms with Crippen LogP contribution in [0.5, 0.6) is 0 Å². The highest BCUT2D eigenvalue weighted by atomic mass is 16.5. The number of piperazine rings is 1. The van der Waals surface area contributed by atoms with E-state index in [1.807, 2.05) is 44.2 Å². The van der Waals surface area contributed by atoms with Crippen molar-refractivity contribution in [3.05, 3.63) is 48.0 Å². The number of nitrogens with zero attached hydrogens (tertiary/aromatic N) is 5.